The molecule has 0 bridgehead atoms. The minimum absolute atomic E-state index is 0.0111. The molecular formula is C23H31N7O7. The summed E-state index contributed by atoms with van der Waals surface area (Å²) < 4.78 is 5.73. The molecule has 200 valence electrons. The Hall–Kier alpha value is -4.20. The number of rotatable bonds is 11. The van der Waals surface area contributed by atoms with Gasteiger partial charge in [-0.2, -0.15) is 0 Å². The zero-order valence-corrected chi connectivity index (χ0v) is 20.5. The number of carbonyl (C=O) groups excluding carboxylic acids is 2. The number of hydrogen-bond donors (Lipinski definition) is 6. The highest BCUT2D eigenvalue weighted by Gasteiger charge is 2.42. The van der Waals surface area contributed by atoms with Crippen LogP contribution in [0.3, 0.4) is 0 Å². The third-order valence-electron chi connectivity index (χ3n) is 5.65. The SMILES string of the molecule is CC(C)OC(=NC(CCC(=O)O)C(=O)O)c1ccc(NCC2CN(C=O)C3C(=O)NC(N)=NC3N2)cc1. The summed E-state index contributed by atoms with van der Waals surface area (Å²) in [7, 11) is 0. The Morgan fingerprint density at radius 1 is 1.32 bits per heavy atom. The lowest BCUT2D eigenvalue weighted by molar-refractivity contribution is -0.139. The number of guanidine groups is 1. The van der Waals surface area contributed by atoms with Gasteiger partial charge in [-0.3, -0.25) is 25.0 Å². The van der Waals surface area contributed by atoms with Gasteiger partial charge < -0.3 is 30.9 Å². The van der Waals surface area contributed by atoms with Crippen LogP contribution in [0.1, 0.15) is 32.3 Å². The molecule has 2 aliphatic heterocycles. The van der Waals surface area contributed by atoms with Gasteiger partial charge in [0.1, 0.15) is 12.2 Å². The molecule has 14 nitrogen and oxygen atoms in total. The maximum absolute atomic E-state index is 12.2. The van der Waals surface area contributed by atoms with Crippen LogP contribution in [0.25, 0.3) is 0 Å². The normalized spacial score (nSPS) is 22.4. The summed E-state index contributed by atoms with van der Waals surface area (Å²) in [5.74, 6) is -2.65. The van der Waals surface area contributed by atoms with Crippen molar-refractivity contribution in [3.8, 4) is 0 Å². The van der Waals surface area contributed by atoms with Gasteiger partial charge in [-0.15, -0.1) is 0 Å². The van der Waals surface area contributed by atoms with Gasteiger partial charge in [-0.25, -0.2) is 14.8 Å². The number of nitrogens with one attached hydrogen (secondary N) is 3. The molecule has 1 fully saturated rings. The Morgan fingerprint density at radius 3 is 2.62 bits per heavy atom. The van der Waals surface area contributed by atoms with Gasteiger partial charge in [0.2, 0.25) is 12.3 Å². The van der Waals surface area contributed by atoms with E-state index in [2.05, 4.69) is 25.9 Å². The zero-order valence-electron chi connectivity index (χ0n) is 20.5. The van der Waals surface area contributed by atoms with Crippen molar-refractivity contribution in [3.63, 3.8) is 0 Å². The minimum Gasteiger partial charge on any atom is -0.481 e. The molecule has 7 N–H and O–H groups in total. The molecule has 4 unspecified atom stereocenters. The predicted octanol–water partition coefficient (Wildman–Crippen LogP) is -0.842. The van der Waals surface area contributed by atoms with E-state index in [1.165, 1.54) is 4.90 Å². The number of benzene rings is 1. The van der Waals surface area contributed by atoms with Crippen molar-refractivity contribution in [2.24, 2.45) is 15.7 Å². The molecule has 2 amide bonds. The molecule has 3 rings (SSSR count). The first-order valence-corrected chi connectivity index (χ1v) is 11.7. The van der Waals surface area contributed by atoms with Crippen LogP contribution in [0, 0.1) is 0 Å². The van der Waals surface area contributed by atoms with Crippen molar-refractivity contribution < 1.29 is 34.1 Å². The summed E-state index contributed by atoms with van der Waals surface area (Å²) in [4.78, 5) is 56.0. The van der Waals surface area contributed by atoms with Gasteiger partial charge >= 0.3 is 11.9 Å². The van der Waals surface area contributed by atoms with Crippen LogP contribution in [-0.4, -0.2) is 94.7 Å². The summed E-state index contributed by atoms with van der Waals surface area (Å²) >= 11 is 0. The molecular weight excluding hydrogens is 486 g/mol. The number of aliphatic imine (C=N–C) groups is 2. The fourth-order valence-electron chi connectivity index (χ4n) is 3.96. The number of ether oxygens (including phenoxy) is 1. The average Bonchev–Trinajstić information content (AvgIpc) is 2.83. The van der Waals surface area contributed by atoms with E-state index in [4.69, 9.17) is 15.6 Å². The molecule has 1 aromatic carbocycles. The quantitative estimate of drug-likeness (QED) is 0.122. The highest BCUT2D eigenvalue weighted by atomic mass is 16.5. The van der Waals surface area contributed by atoms with Crippen molar-refractivity contribution in [2.45, 2.75) is 57.1 Å². The van der Waals surface area contributed by atoms with Crippen LogP contribution >= 0.6 is 0 Å². The van der Waals surface area contributed by atoms with Crippen LogP contribution in [-0.2, 0) is 23.9 Å². The second-order valence-electron chi connectivity index (χ2n) is 8.90. The highest BCUT2D eigenvalue weighted by Crippen LogP contribution is 2.18. The number of nitrogens with two attached hydrogens (primary N) is 1. The van der Waals surface area contributed by atoms with Crippen LogP contribution in [0.5, 0.6) is 0 Å². The summed E-state index contributed by atoms with van der Waals surface area (Å²) in [5, 5.41) is 27.3. The second kappa shape index (κ2) is 12.2. The molecule has 0 radical (unpaired) electrons. The van der Waals surface area contributed by atoms with Crippen LogP contribution in [0.15, 0.2) is 34.3 Å². The van der Waals surface area contributed by atoms with Gasteiger partial charge in [0.25, 0.3) is 5.91 Å². The monoisotopic (exact) mass is 517 g/mol. The maximum Gasteiger partial charge on any atom is 0.328 e. The number of hydrogen-bond acceptors (Lipinski definition) is 10. The standard InChI is InChI=1S/C23H31N7O7/c1-12(2)37-21(27-16(22(35)36)7-8-17(32)33)13-3-5-14(6-4-13)25-9-15-10-30(11-31)18-19(26-15)28-23(24)29-20(18)34/h3-6,11-12,15-16,18-19,25-26H,7-10H2,1-2H3,(H,32,33)(H,35,36)(H3,24,28,29,34). The number of carboxylic acid groups (broad SMARTS) is 2. The first-order chi connectivity index (χ1) is 17.6. The van der Waals surface area contributed by atoms with Gasteiger partial charge in [0, 0.05) is 36.8 Å². The van der Waals surface area contributed by atoms with Crippen molar-refractivity contribution in [3.05, 3.63) is 29.8 Å². The fraction of sp³-hybridized carbons (Fsp3) is 0.478. The lowest BCUT2D eigenvalue weighted by atomic mass is 10.0. The minimum atomic E-state index is -1.26. The third kappa shape index (κ3) is 7.39. The number of piperazine rings is 1. The molecule has 0 saturated carbocycles. The summed E-state index contributed by atoms with van der Waals surface area (Å²) in [6, 6.07) is 4.67. The van der Waals surface area contributed by atoms with E-state index in [0.717, 1.165) is 5.69 Å². The molecule has 2 heterocycles. The Balaban J connectivity index is 1.69. The molecule has 0 spiro atoms. The lowest BCUT2D eigenvalue weighted by Crippen LogP contribution is -2.70. The number of anilines is 1. The van der Waals surface area contributed by atoms with E-state index >= 15 is 0 Å². The van der Waals surface area contributed by atoms with E-state index < -0.39 is 36.1 Å². The largest absolute Gasteiger partial charge is 0.481 e. The van der Waals surface area contributed by atoms with Crippen LogP contribution in [0.4, 0.5) is 5.69 Å². The first-order valence-electron chi connectivity index (χ1n) is 11.7. The third-order valence-corrected chi connectivity index (χ3v) is 5.65. The number of amides is 2. The molecule has 14 heteroatoms. The molecule has 2 aliphatic rings. The van der Waals surface area contributed by atoms with E-state index in [1.54, 1.807) is 38.1 Å². The van der Waals surface area contributed by atoms with Crippen molar-refractivity contribution >= 4 is 41.8 Å². The molecule has 1 aromatic rings. The van der Waals surface area contributed by atoms with Crippen molar-refractivity contribution in [1.29, 1.82) is 0 Å². The van der Waals surface area contributed by atoms with E-state index in [9.17, 15) is 24.3 Å². The number of fused-ring (bicyclic) bond motifs is 1. The van der Waals surface area contributed by atoms with Crippen LogP contribution < -0.4 is 21.7 Å². The van der Waals surface area contributed by atoms with Crippen molar-refractivity contribution in [2.75, 3.05) is 18.4 Å². The Morgan fingerprint density at radius 2 is 2.03 bits per heavy atom. The first kappa shape index (κ1) is 27.4. The topological polar surface area (TPSA) is 208 Å². The summed E-state index contributed by atoms with van der Waals surface area (Å²) in [6.07, 6.45) is -0.823. The van der Waals surface area contributed by atoms with E-state index in [1.807, 2.05) is 0 Å². The Labute approximate surface area is 213 Å². The Bertz CT molecular complexity index is 1070. The molecule has 1 saturated heterocycles. The lowest BCUT2D eigenvalue weighted by Gasteiger charge is -2.43. The molecule has 4 atom stereocenters. The molecule has 37 heavy (non-hydrogen) atoms. The van der Waals surface area contributed by atoms with Gasteiger partial charge in [0.15, 0.2) is 12.0 Å². The van der Waals surface area contributed by atoms with Gasteiger partial charge in [-0.05, 0) is 44.5 Å². The maximum atomic E-state index is 12.2. The summed E-state index contributed by atoms with van der Waals surface area (Å²) in [6.45, 7) is 4.24. The predicted molar refractivity (Wildman–Crippen MR) is 133 cm³/mol. The number of aliphatic carboxylic acids is 2. The Kier molecular flexibility index (Phi) is 9.00. The number of nitrogens with zero attached hydrogens (tertiary/aromatic N) is 3. The number of carboxylic acids is 2. The zero-order chi connectivity index (χ0) is 27.1. The van der Waals surface area contributed by atoms with Gasteiger partial charge in [0.05, 0.1) is 6.10 Å². The van der Waals surface area contributed by atoms with Crippen molar-refractivity contribution in [1.82, 2.24) is 15.5 Å². The van der Waals surface area contributed by atoms with Gasteiger partial charge in [-0.1, -0.05) is 0 Å². The molecule has 0 aliphatic carbocycles. The van der Waals surface area contributed by atoms with E-state index in [-0.39, 0.29) is 43.4 Å². The average molecular weight is 518 g/mol. The highest BCUT2D eigenvalue weighted by molar-refractivity contribution is 6.01. The second-order valence-corrected chi connectivity index (χ2v) is 8.90. The molecule has 0 aromatic heterocycles. The smallest absolute Gasteiger partial charge is 0.328 e. The van der Waals surface area contributed by atoms with Crippen LogP contribution in [0.2, 0.25) is 0 Å². The number of carbonyl (C=O) groups is 4. The summed E-state index contributed by atoms with van der Waals surface area (Å²) in [5.41, 5.74) is 6.92. The van der Waals surface area contributed by atoms with E-state index in [0.29, 0.717) is 18.5 Å². The fourth-order valence-corrected chi connectivity index (χ4v) is 3.96.